The van der Waals surface area contributed by atoms with Crippen molar-refractivity contribution in [3.63, 3.8) is 0 Å². The highest BCUT2D eigenvalue weighted by atomic mass is 16.5. The summed E-state index contributed by atoms with van der Waals surface area (Å²) < 4.78 is 5.42. The fourth-order valence-electron chi connectivity index (χ4n) is 2.64. The van der Waals surface area contributed by atoms with Crippen LogP contribution in [0.3, 0.4) is 0 Å². The van der Waals surface area contributed by atoms with Gasteiger partial charge in [0.25, 0.3) is 0 Å². The average Bonchev–Trinajstić information content (AvgIpc) is 2.49. The molecule has 1 N–H and O–H groups in total. The molecule has 4 nitrogen and oxygen atoms in total. The van der Waals surface area contributed by atoms with Gasteiger partial charge in [0.1, 0.15) is 5.75 Å². The summed E-state index contributed by atoms with van der Waals surface area (Å²) in [5, 5.41) is 3.60. The fraction of sp³-hybridized carbons (Fsp3) is 0.625. The van der Waals surface area contributed by atoms with Crippen molar-refractivity contribution in [2.75, 3.05) is 53.4 Å². The van der Waals surface area contributed by atoms with Crippen LogP contribution in [-0.2, 0) is 0 Å². The highest BCUT2D eigenvalue weighted by Crippen LogP contribution is 2.23. The van der Waals surface area contributed by atoms with Crippen molar-refractivity contribution in [1.29, 1.82) is 0 Å². The summed E-state index contributed by atoms with van der Waals surface area (Å²) in [5.74, 6) is 0.965. The number of piperazine rings is 1. The molecule has 1 saturated heterocycles. The Balaban J connectivity index is 1.76. The van der Waals surface area contributed by atoms with Gasteiger partial charge in [-0.1, -0.05) is 18.2 Å². The van der Waals surface area contributed by atoms with E-state index < -0.39 is 0 Å². The number of hydrogen-bond acceptors (Lipinski definition) is 4. The minimum atomic E-state index is 0.318. The first-order chi connectivity index (χ1) is 9.70. The normalized spacial score (nSPS) is 18.9. The molecule has 112 valence electrons. The van der Waals surface area contributed by atoms with E-state index in [1.165, 1.54) is 31.7 Å². The van der Waals surface area contributed by atoms with E-state index in [1.54, 1.807) is 7.11 Å². The first-order valence-corrected chi connectivity index (χ1v) is 7.48. The van der Waals surface area contributed by atoms with Gasteiger partial charge in [0.2, 0.25) is 0 Å². The molecule has 0 bridgehead atoms. The van der Waals surface area contributed by atoms with Gasteiger partial charge in [0.05, 0.1) is 7.11 Å². The third-order valence-corrected chi connectivity index (χ3v) is 4.08. The van der Waals surface area contributed by atoms with Crippen LogP contribution in [0.1, 0.15) is 18.5 Å². The van der Waals surface area contributed by atoms with Gasteiger partial charge >= 0.3 is 0 Å². The standard InChI is InChI=1S/C16H27N3O/c1-14(15-6-4-5-7-16(15)20-3)17-8-9-19-12-10-18(2)11-13-19/h4-7,14,17H,8-13H2,1-3H3/t14-/m0/s1. The van der Waals surface area contributed by atoms with Crippen molar-refractivity contribution in [1.82, 2.24) is 15.1 Å². The summed E-state index contributed by atoms with van der Waals surface area (Å²) in [6.07, 6.45) is 0. The molecule has 0 aliphatic carbocycles. The van der Waals surface area contributed by atoms with E-state index in [4.69, 9.17) is 4.74 Å². The third-order valence-electron chi connectivity index (χ3n) is 4.08. The second-order valence-corrected chi connectivity index (χ2v) is 5.56. The van der Waals surface area contributed by atoms with Crippen LogP contribution in [-0.4, -0.2) is 63.2 Å². The topological polar surface area (TPSA) is 27.7 Å². The lowest BCUT2D eigenvalue weighted by Crippen LogP contribution is -2.46. The number of likely N-dealkylation sites (N-methyl/N-ethyl adjacent to an activating group) is 1. The molecule has 4 heteroatoms. The summed E-state index contributed by atoms with van der Waals surface area (Å²) in [5.41, 5.74) is 1.23. The van der Waals surface area contributed by atoms with E-state index in [-0.39, 0.29) is 0 Å². The molecule has 1 aromatic carbocycles. The van der Waals surface area contributed by atoms with Gasteiger partial charge in [0.15, 0.2) is 0 Å². The molecule has 1 aliphatic heterocycles. The molecule has 0 aromatic heterocycles. The number of methoxy groups -OCH3 is 1. The SMILES string of the molecule is COc1ccccc1[C@H](C)NCCN1CCN(C)CC1. The zero-order chi connectivity index (χ0) is 14.4. The molecule has 0 unspecified atom stereocenters. The van der Waals surface area contributed by atoms with E-state index in [1.807, 2.05) is 12.1 Å². The van der Waals surface area contributed by atoms with Crippen molar-refractivity contribution in [2.45, 2.75) is 13.0 Å². The Labute approximate surface area is 122 Å². The number of para-hydroxylation sites is 1. The molecule has 1 heterocycles. The predicted molar refractivity (Wildman–Crippen MR) is 83.3 cm³/mol. The van der Waals surface area contributed by atoms with Gasteiger partial charge in [-0.25, -0.2) is 0 Å². The Morgan fingerprint density at radius 2 is 1.90 bits per heavy atom. The number of nitrogens with zero attached hydrogens (tertiary/aromatic N) is 2. The monoisotopic (exact) mass is 277 g/mol. The highest BCUT2D eigenvalue weighted by Gasteiger charge is 2.14. The number of rotatable bonds is 6. The van der Waals surface area contributed by atoms with Crippen molar-refractivity contribution in [3.8, 4) is 5.75 Å². The van der Waals surface area contributed by atoms with Gasteiger partial charge in [-0.05, 0) is 20.0 Å². The third kappa shape index (κ3) is 4.20. The Bertz CT molecular complexity index is 402. The van der Waals surface area contributed by atoms with Crippen molar-refractivity contribution < 1.29 is 4.74 Å². The lowest BCUT2D eigenvalue weighted by molar-refractivity contribution is 0.154. The number of nitrogens with one attached hydrogen (secondary N) is 1. The zero-order valence-corrected chi connectivity index (χ0v) is 12.9. The maximum Gasteiger partial charge on any atom is 0.123 e. The minimum absolute atomic E-state index is 0.318. The van der Waals surface area contributed by atoms with Crippen LogP contribution in [0.5, 0.6) is 5.75 Å². The van der Waals surface area contributed by atoms with Crippen LogP contribution in [0.25, 0.3) is 0 Å². The summed E-state index contributed by atoms with van der Waals surface area (Å²) in [6, 6.07) is 8.55. The molecule has 2 rings (SSSR count). The second kappa shape index (κ2) is 7.62. The lowest BCUT2D eigenvalue weighted by Gasteiger charge is -2.32. The quantitative estimate of drug-likeness (QED) is 0.855. The van der Waals surface area contributed by atoms with Crippen LogP contribution in [0, 0.1) is 0 Å². The van der Waals surface area contributed by atoms with Crippen LogP contribution in [0.2, 0.25) is 0 Å². The summed E-state index contributed by atoms with van der Waals surface area (Å²) in [4.78, 5) is 4.92. The predicted octanol–water partition coefficient (Wildman–Crippen LogP) is 1.59. The molecule has 1 aliphatic rings. The average molecular weight is 277 g/mol. The van der Waals surface area contributed by atoms with E-state index in [0.717, 1.165) is 18.8 Å². The molecular weight excluding hydrogens is 250 g/mol. The first kappa shape index (κ1) is 15.3. The van der Waals surface area contributed by atoms with E-state index in [9.17, 15) is 0 Å². The molecule has 0 radical (unpaired) electrons. The van der Waals surface area contributed by atoms with Crippen LogP contribution >= 0.6 is 0 Å². The first-order valence-electron chi connectivity index (χ1n) is 7.48. The van der Waals surface area contributed by atoms with Gasteiger partial charge in [0, 0.05) is 50.9 Å². The summed E-state index contributed by atoms with van der Waals surface area (Å²) in [7, 11) is 3.93. The maximum absolute atomic E-state index is 5.42. The van der Waals surface area contributed by atoms with Crippen molar-refractivity contribution >= 4 is 0 Å². The van der Waals surface area contributed by atoms with Crippen LogP contribution in [0.4, 0.5) is 0 Å². The Morgan fingerprint density at radius 1 is 1.20 bits per heavy atom. The smallest absolute Gasteiger partial charge is 0.123 e. The van der Waals surface area contributed by atoms with Gasteiger partial charge in [-0.2, -0.15) is 0 Å². The largest absolute Gasteiger partial charge is 0.496 e. The fourth-order valence-corrected chi connectivity index (χ4v) is 2.64. The number of benzene rings is 1. The Hall–Kier alpha value is -1.10. The highest BCUT2D eigenvalue weighted by molar-refractivity contribution is 5.35. The van der Waals surface area contributed by atoms with Gasteiger partial charge < -0.3 is 15.0 Å². The van der Waals surface area contributed by atoms with Crippen molar-refractivity contribution in [3.05, 3.63) is 29.8 Å². The molecule has 0 saturated carbocycles. The second-order valence-electron chi connectivity index (χ2n) is 5.56. The van der Waals surface area contributed by atoms with E-state index >= 15 is 0 Å². The zero-order valence-electron chi connectivity index (χ0n) is 12.9. The van der Waals surface area contributed by atoms with E-state index in [2.05, 4.69) is 41.2 Å². The Morgan fingerprint density at radius 3 is 2.60 bits per heavy atom. The molecule has 0 amide bonds. The maximum atomic E-state index is 5.42. The molecule has 20 heavy (non-hydrogen) atoms. The molecule has 0 spiro atoms. The Kier molecular flexibility index (Phi) is 5.83. The van der Waals surface area contributed by atoms with Crippen molar-refractivity contribution in [2.24, 2.45) is 0 Å². The van der Waals surface area contributed by atoms with E-state index in [0.29, 0.717) is 6.04 Å². The number of hydrogen-bond donors (Lipinski definition) is 1. The molecule has 1 atom stereocenters. The van der Waals surface area contributed by atoms with Crippen LogP contribution < -0.4 is 10.1 Å². The molecule has 1 fully saturated rings. The lowest BCUT2D eigenvalue weighted by atomic mass is 10.1. The summed E-state index contributed by atoms with van der Waals surface area (Å²) >= 11 is 0. The van der Waals surface area contributed by atoms with Gasteiger partial charge in [-0.15, -0.1) is 0 Å². The molecule has 1 aromatic rings. The minimum Gasteiger partial charge on any atom is -0.496 e. The summed E-state index contributed by atoms with van der Waals surface area (Å²) in [6.45, 7) is 9.06. The van der Waals surface area contributed by atoms with Gasteiger partial charge in [-0.3, -0.25) is 4.90 Å². The molecular formula is C16H27N3O. The number of ether oxygens (including phenoxy) is 1. The van der Waals surface area contributed by atoms with Crippen LogP contribution in [0.15, 0.2) is 24.3 Å².